The second kappa shape index (κ2) is 8.90. The lowest BCUT2D eigenvalue weighted by molar-refractivity contribution is 0.0686. The van der Waals surface area contributed by atoms with Crippen molar-refractivity contribution in [2.75, 3.05) is 36.6 Å². The minimum absolute atomic E-state index is 0.0876. The summed E-state index contributed by atoms with van der Waals surface area (Å²) in [4.78, 5) is 20.4. The molecule has 0 radical (unpaired) electrons. The maximum Gasteiger partial charge on any atom is 0.258 e. The van der Waals surface area contributed by atoms with Gasteiger partial charge in [0.25, 0.3) is 5.88 Å². The number of ether oxygens (including phenoxy) is 2. The van der Waals surface area contributed by atoms with E-state index in [1.54, 1.807) is 18.5 Å². The van der Waals surface area contributed by atoms with Crippen LogP contribution in [0.15, 0.2) is 48.8 Å². The highest BCUT2D eigenvalue weighted by atomic mass is 35.5. The van der Waals surface area contributed by atoms with Gasteiger partial charge in [-0.05, 0) is 37.3 Å². The highest BCUT2D eigenvalue weighted by molar-refractivity contribution is 6.29. The predicted octanol–water partition coefficient (Wildman–Crippen LogP) is 4.65. The first-order valence-electron chi connectivity index (χ1n) is 11.4. The van der Waals surface area contributed by atoms with E-state index in [0.29, 0.717) is 65.5 Å². The molecule has 2 atom stereocenters. The molecule has 6 rings (SSSR count). The first kappa shape index (κ1) is 21.9. The van der Waals surface area contributed by atoms with E-state index < -0.39 is 5.82 Å². The second-order valence-electron chi connectivity index (χ2n) is 8.59. The van der Waals surface area contributed by atoms with Gasteiger partial charge >= 0.3 is 0 Å². The smallest absolute Gasteiger partial charge is 0.258 e. The maximum atomic E-state index is 14.7. The summed E-state index contributed by atoms with van der Waals surface area (Å²) in [7, 11) is 0. The molecule has 0 amide bonds. The predicted molar refractivity (Wildman–Crippen MR) is 131 cm³/mol. The number of halogens is 2. The van der Waals surface area contributed by atoms with Crippen LogP contribution in [-0.4, -0.2) is 52.3 Å². The van der Waals surface area contributed by atoms with Crippen molar-refractivity contribution in [1.82, 2.24) is 19.9 Å². The first-order valence-corrected chi connectivity index (χ1v) is 11.8. The van der Waals surface area contributed by atoms with E-state index in [1.807, 2.05) is 25.1 Å². The van der Waals surface area contributed by atoms with Crippen LogP contribution in [0.4, 0.5) is 15.9 Å². The van der Waals surface area contributed by atoms with Gasteiger partial charge in [0.2, 0.25) is 0 Å². The summed E-state index contributed by atoms with van der Waals surface area (Å²) in [5, 5.41) is 3.83. The van der Waals surface area contributed by atoms with Gasteiger partial charge in [-0.3, -0.25) is 4.98 Å². The maximum absolute atomic E-state index is 14.7. The Morgan fingerprint density at radius 3 is 2.94 bits per heavy atom. The van der Waals surface area contributed by atoms with Crippen LogP contribution in [-0.2, 0) is 4.74 Å². The molecule has 0 saturated carbocycles. The van der Waals surface area contributed by atoms with E-state index in [0.717, 1.165) is 11.3 Å². The van der Waals surface area contributed by atoms with Gasteiger partial charge in [0.05, 0.1) is 47.7 Å². The molecule has 5 heterocycles. The van der Waals surface area contributed by atoms with E-state index >= 15 is 0 Å². The molecule has 1 N–H and O–H groups in total. The fraction of sp³-hybridized carbons (Fsp3) is 0.280. The van der Waals surface area contributed by atoms with Gasteiger partial charge in [-0.25, -0.2) is 19.3 Å². The first-order chi connectivity index (χ1) is 17.1. The molecule has 0 aliphatic carbocycles. The molecule has 35 heavy (non-hydrogen) atoms. The third-order valence-corrected chi connectivity index (χ3v) is 6.47. The van der Waals surface area contributed by atoms with Gasteiger partial charge in [0.1, 0.15) is 17.6 Å². The van der Waals surface area contributed by atoms with E-state index in [4.69, 9.17) is 26.1 Å². The van der Waals surface area contributed by atoms with E-state index in [-0.39, 0.29) is 12.1 Å². The summed E-state index contributed by atoms with van der Waals surface area (Å²) >= 11 is 6.19. The van der Waals surface area contributed by atoms with E-state index in [2.05, 4.69) is 25.2 Å². The fourth-order valence-corrected chi connectivity index (χ4v) is 4.72. The third-order valence-electron chi connectivity index (χ3n) is 6.26. The lowest BCUT2D eigenvalue weighted by Gasteiger charge is -2.39. The van der Waals surface area contributed by atoms with Gasteiger partial charge in [0, 0.05) is 36.1 Å². The number of benzene rings is 1. The number of fused-ring (bicyclic) bond motifs is 4. The van der Waals surface area contributed by atoms with Crippen LogP contribution >= 0.6 is 11.6 Å². The Bertz CT molecular complexity index is 1410. The highest BCUT2D eigenvalue weighted by Gasteiger charge is 2.33. The molecule has 2 aliphatic rings. The van der Waals surface area contributed by atoms with Gasteiger partial charge in [-0.15, -0.1) is 0 Å². The molecule has 1 aromatic carbocycles. The van der Waals surface area contributed by atoms with Crippen LogP contribution in [0, 0.1) is 5.82 Å². The Morgan fingerprint density at radius 1 is 1.17 bits per heavy atom. The minimum Gasteiger partial charge on any atom is -0.473 e. The second-order valence-corrected chi connectivity index (χ2v) is 8.97. The zero-order valence-corrected chi connectivity index (χ0v) is 19.7. The number of nitrogens with one attached hydrogen (secondary N) is 1. The van der Waals surface area contributed by atoms with Gasteiger partial charge in [0.15, 0.2) is 5.82 Å². The van der Waals surface area contributed by atoms with Crippen molar-refractivity contribution < 1.29 is 13.9 Å². The Hall–Kier alpha value is -3.56. The van der Waals surface area contributed by atoms with Crippen LogP contribution in [0.2, 0.25) is 5.15 Å². The number of hydrogen-bond donors (Lipinski definition) is 1. The number of aromatic nitrogens is 4. The van der Waals surface area contributed by atoms with Crippen LogP contribution in [0.5, 0.6) is 5.88 Å². The number of nitrogens with zero attached hydrogens (tertiary/aromatic N) is 5. The van der Waals surface area contributed by atoms with Crippen molar-refractivity contribution in [2.24, 2.45) is 0 Å². The summed E-state index contributed by atoms with van der Waals surface area (Å²) in [6.45, 7) is 4.31. The van der Waals surface area contributed by atoms with Crippen LogP contribution in [0.1, 0.15) is 18.5 Å². The molecule has 0 unspecified atom stereocenters. The zero-order chi connectivity index (χ0) is 23.9. The largest absolute Gasteiger partial charge is 0.473 e. The number of hydrogen-bond acceptors (Lipinski definition) is 8. The molecule has 10 heteroatoms. The van der Waals surface area contributed by atoms with Gasteiger partial charge in [-0.1, -0.05) is 11.6 Å². The quantitative estimate of drug-likeness (QED) is 0.412. The molecule has 8 nitrogen and oxygen atoms in total. The normalized spacial score (nSPS) is 17.9. The molecule has 0 bridgehead atoms. The van der Waals surface area contributed by atoms with E-state index in [1.165, 1.54) is 12.1 Å². The Morgan fingerprint density at radius 2 is 2.09 bits per heavy atom. The van der Waals surface area contributed by atoms with Crippen molar-refractivity contribution in [1.29, 1.82) is 0 Å². The molecule has 1 saturated heterocycles. The SMILES string of the molecule is C[C@@H](Nc1ccc(Cl)nc1-c1cccnc1)c1cc(F)cc2nc3c(nc12)N1CCOC[C@H]1CO3. The Kier molecular flexibility index (Phi) is 5.58. The molecule has 1 fully saturated rings. The summed E-state index contributed by atoms with van der Waals surface area (Å²) in [6, 6.07) is 9.98. The van der Waals surface area contributed by atoms with Crippen LogP contribution in [0.3, 0.4) is 0 Å². The Labute approximate surface area is 206 Å². The lowest BCUT2D eigenvalue weighted by atomic mass is 10.0. The number of pyridine rings is 2. The molecule has 3 aromatic heterocycles. The average molecular weight is 493 g/mol. The standard InChI is InChI=1S/C25H22ClFN6O2/c1-14(29-19-4-5-21(26)31-22(19)15-3-2-6-28-11-15)18-9-16(27)10-20-23(18)32-24-25(30-20)35-13-17-12-34-8-7-33(17)24/h2-6,9-11,14,17,29H,7-8,12-13H2,1H3/t14-,17+/m1/s1. The fourth-order valence-electron chi connectivity index (χ4n) is 4.57. The van der Waals surface area contributed by atoms with Gasteiger partial charge in [-0.2, -0.15) is 0 Å². The van der Waals surface area contributed by atoms with E-state index in [9.17, 15) is 4.39 Å². The van der Waals surface area contributed by atoms with Crippen LogP contribution < -0.4 is 15.0 Å². The molecular weight excluding hydrogens is 471 g/mol. The molecule has 2 aliphatic heterocycles. The minimum atomic E-state index is -0.392. The zero-order valence-electron chi connectivity index (χ0n) is 18.9. The average Bonchev–Trinajstić information content (AvgIpc) is 2.88. The number of anilines is 2. The summed E-state index contributed by atoms with van der Waals surface area (Å²) in [5.74, 6) is 0.701. The van der Waals surface area contributed by atoms with Crippen molar-refractivity contribution in [3.63, 3.8) is 0 Å². The molecule has 0 spiro atoms. The molecule has 178 valence electrons. The summed E-state index contributed by atoms with van der Waals surface area (Å²) in [5.41, 5.74) is 3.96. The Balaban J connectivity index is 1.41. The lowest BCUT2D eigenvalue weighted by Crippen LogP contribution is -2.51. The summed E-state index contributed by atoms with van der Waals surface area (Å²) in [6.07, 6.45) is 3.42. The van der Waals surface area contributed by atoms with Crippen molar-refractivity contribution >= 4 is 34.1 Å². The molecule has 4 aromatic rings. The van der Waals surface area contributed by atoms with Crippen LogP contribution in [0.25, 0.3) is 22.3 Å². The number of morpholine rings is 1. The number of rotatable bonds is 4. The monoisotopic (exact) mass is 492 g/mol. The highest BCUT2D eigenvalue weighted by Crippen LogP contribution is 2.37. The van der Waals surface area contributed by atoms with Crippen molar-refractivity contribution in [2.45, 2.75) is 19.0 Å². The molecular formula is C25H22ClFN6O2. The van der Waals surface area contributed by atoms with Gasteiger partial charge < -0.3 is 19.7 Å². The van der Waals surface area contributed by atoms with Crippen molar-refractivity contribution in [3.05, 3.63) is 65.3 Å². The topological polar surface area (TPSA) is 85.3 Å². The summed E-state index contributed by atoms with van der Waals surface area (Å²) < 4.78 is 26.1. The third kappa shape index (κ3) is 4.11. The van der Waals surface area contributed by atoms with Crippen molar-refractivity contribution in [3.8, 4) is 17.1 Å².